The van der Waals surface area contributed by atoms with E-state index in [4.69, 9.17) is 21.4 Å². The molecule has 9 nitrogen and oxygen atoms in total. The van der Waals surface area contributed by atoms with E-state index in [0.717, 1.165) is 12.8 Å². The number of unbranched alkanes of at least 4 members (excludes halogenated alkanes) is 1. The SMILES string of the molecule is CCCCN(OCCN)C(=O)C1=Cc2ccc(S(N)(=O)=O)cc2N=C(N)C1. The molecule has 0 spiro atoms. The van der Waals surface area contributed by atoms with Crippen molar-refractivity contribution in [3.05, 3.63) is 29.3 Å². The summed E-state index contributed by atoms with van der Waals surface area (Å²) in [5, 5.41) is 6.45. The van der Waals surface area contributed by atoms with Crippen molar-refractivity contribution in [1.29, 1.82) is 0 Å². The van der Waals surface area contributed by atoms with Gasteiger partial charge in [-0.2, -0.15) is 0 Å². The summed E-state index contributed by atoms with van der Waals surface area (Å²) in [6.45, 7) is 2.96. The molecule has 0 unspecified atom stereocenters. The maximum Gasteiger partial charge on any atom is 0.273 e. The molecule has 1 aromatic rings. The highest BCUT2D eigenvalue weighted by molar-refractivity contribution is 7.89. The minimum Gasteiger partial charge on any atom is -0.387 e. The zero-order valence-corrected chi connectivity index (χ0v) is 16.0. The minimum atomic E-state index is -3.87. The van der Waals surface area contributed by atoms with Gasteiger partial charge in [0.05, 0.1) is 17.2 Å². The Kier molecular flexibility index (Phi) is 7.08. The van der Waals surface area contributed by atoms with E-state index in [2.05, 4.69) is 4.99 Å². The summed E-state index contributed by atoms with van der Waals surface area (Å²) >= 11 is 0. The minimum absolute atomic E-state index is 0.0724. The zero-order chi connectivity index (χ0) is 20.0. The molecular formula is C17H25N5O4S. The maximum atomic E-state index is 12.9. The largest absolute Gasteiger partial charge is 0.387 e. The van der Waals surface area contributed by atoms with Crippen molar-refractivity contribution in [3.8, 4) is 0 Å². The summed E-state index contributed by atoms with van der Waals surface area (Å²) in [5.41, 5.74) is 12.7. The number of rotatable bonds is 8. The van der Waals surface area contributed by atoms with Gasteiger partial charge in [-0.05, 0) is 24.6 Å². The first kappa shape index (κ1) is 21.0. The van der Waals surface area contributed by atoms with Gasteiger partial charge in [0.15, 0.2) is 0 Å². The molecule has 0 fully saturated rings. The molecule has 1 heterocycles. The van der Waals surface area contributed by atoms with Gasteiger partial charge in [0.1, 0.15) is 5.84 Å². The molecule has 6 N–H and O–H groups in total. The van der Waals surface area contributed by atoms with Gasteiger partial charge >= 0.3 is 0 Å². The van der Waals surface area contributed by atoms with Crippen molar-refractivity contribution >= 4 is 33.5 Å². The monoisotopic (exact) mass is 395 g/mol. The highest BCUT2D eigenvalue weighted by atomic mass is 32.2. The molecule has 1 aromatic carbocycles. The standard InChI is InChI=1S/C17H25N5O4S/c1-2-3-7-22(26-8-6-18)17(23)13-9-12-4-5-14(27(20,24)25)11-15(12)21-16(19)10-13/h4-5,9,11H,2-3,6-8,10,18H2,1H3,(H2,19,21)(H2,20,24,25). The lowest BCUT2D eigenvalue weighted by molar-refractivity contribution is -0.181. The Morgan fingerprint density at radius 3 is 2.74 bits per heavy atom. The van der Waals surface area contributed by atoms with Crippen molar-refractivity contribution in [1.82, 2.24) is 5.06 Å². The number of sulfonamides is 1. The lowest BCUT2D eigenvalue weighted by Gasteiger charge is -2.22. The number of benzene rings is 1. The number of aliphatic imine (C=N–C) groups is 1. The van der Waals surface area contributed by atoms with Gasteiger partial charge in [0.2, 0.25) is 10.0 Å². The normalized spacial score (nSPS) is 14.0. The van der Waals surface area contributed by atoms with Gasteiger partial charge in [0, 0.05) is 30.6 Å². The van der Waals surface area contributed by atoms with Crippen LogP contribution < -0.4 is 16.6 Å². The van der Waals surface area contributed by atoms with Crippen molar-refractivity contribution < 1.29 is 18.0 Å². The maximum absolute atomic E-state index is 12.9. The van der Waals surface area contributed by atoms with Crippen LogP contribution in [0.15, 0.2) is 33.7 Å². The summed E-state index contributed by atoms with van der Waals surface area (Å²) in [5.74, 6) is -0.132. The van der Waals surface area contributed by atoms with Gasteiger partial charge in [-0.15, -0.1) is 0 Å². The topological polar surface area (TPSA) is 154 Å². The number of fused-ring (bicyclic) bond motifs is 1. The Bertz CT molecular complexity index is 856. The fourth-order valence-electron chi connectivity index (χ4n) is 2.53. The highest BCUT2D eigenvalue weighted by Gasteiger charge is 2.23. The molecule has 0 saturated carbocycles. The van der Waals surface area contributed by atoms with Crippen molar-refractivity contribution in [2.45, 2.75) is 31.1 Å². The molecule has 1 amide bonds. The van der Waals surface area contributed by atoms with Crippen molar-refractivity contribution in [3.63, 3.8) is 0 Å². The Labute approximate surface area is 158 Å². The Morgan fingerprint density at radius 1 is 1.37 bits per heavy atom. The second-order valence-corrected chi connectivity index (χ2v) is 7.66. The smallest absolute Gasteiger partial charge is 0.273 e. The van der Waals surface area contributed by atoms with Crippen LogP contribution in [0.2, 0.25) is 0 Å². The third-order valence-electron chi connectivity index (χ3n) is 3.88. The number of hydroxylamine groups is 2. The molecule has 0 aromatic heterocycles. The zero-order valence-electron chi connectivity index (χ0n) is 15.2. The van der Waals surface area contributed by atoms with E-state index >= 15 is 0 Å². The number of nitrogens with two attached hydrogens (primary N) is 3. The van der Waals surface area contributed by atoms with Crippen LogP contribution in [0.3, 0.4) is 0 Å². The van der Waals surface area contributed by atoms with E-state index in [0.29, 0.717) is 23.4 Å². The van der Waals surface area contributed by atoms with E-state index in [1.54, 1.807) is 12.1 Å². The van der Waals surface area contributed by atoms with Gasteiger partial charge in [0.25, 0.3) is 5.91 Å². The highest BCUT2D eigenvalue weighted by Crippen LogP contribution is 2.29. The number of carbonyl (C=O) groups excluding carboxylic acids is 1. The average molecular weight is 395 g/mol. The predicted molar refractivity (Wildman–Crippen MR) is 103 cm³/mol. The lowest BCUT2D eigenvalue weighted by atomic mass is 10.1. The van der Waals surface area contributed by atoms with E-state index < -0.39 is 10.0 Å². The van der Waals surface area contributed by atoms with Crippen molar-refractivity contribution in [2.24, 2.45) is 21.6 Å². The van der Waals surface area contributed by atoms with Crippen LogP contribution in [-0.2, 0) is 19.7 Å². The second kappa shape index (κ2) is 9.09. The van der Waals surface area contributed by atoms with Crippen LogP contribution in [0.5, 0.6) is 0 Å². The number of hydrogen-bond acceptors (Lipinski definition) is 7. The molecule has 27 heavy (non-hydrogen) atoms. The Hall–Kier alpha value is -2.27. The molecule has 0 atom stereocenters. The third-order valence-corrected chi connectivity index (χ3v) is 4.79. The van der Waals surface area contributed by atoms with Gasteiger partial charge < -0.3 is 11.5 Å². The first-order valence-electron chi connectivity index (χ1n) is 8.61. The van der Waals surface area contributed by atoms with Crippen LogP contribution in [0.1, 0.15) is 31.7 Å². The quantitative estimate of drug-likeness (QED) is 0.548. The first-order chi connectivity index (χ1) is 12.8. The summed E-state index contributed by atoms with van der Waals surface area (Å²) in [6, 6.07) is 4.24. The van der Waals surface area contributed by atoms with Crippen LogP contribution in [0, 0.1) is 0 Å². The second-order valence-electron chi connectivity index (χ2n) is 6.10. The van der Waals surface area contributed by atoms with Gasteiger partial charge in [-0.3, -0.25) is 9.63 Å². The number of hydrogen-bond donors (Lipinski definition) is 3. The first-order valence-corrected chi connectivity index (χ1v) is 10.2. The molecular weight excluding hydrogens is 370 g/mol. The molecule has 1 aliphatic rings. The van der Waals surface area contributed by atoms with Crippen LogP contribution in [0.25, 0.3) is 6.08 Å². The van der Waals surface area contributed by atoms with Crippen LogP contribution in [-0.4, -0.2) is 44.9 Å². The van der Waals surface area contributed by atoms with E-state index in [1.807, 2.05) is 6.92 Å². The molecule has 0 radical (unpaired) electrons. The molecule has 148 valence electrons. The lowest BCUT2D eigenvalue weighted by Crippen LogP contribution is -2.35. The summed E-state index contributed by atoms with van der Waals surface area (Å²) in [7, 11) is -3.87. The molecule has 0 saturated heterocycles. The molecule has 1 aliphatic heterocycles. The van der Waals surface area contributed by atoms with Crippen LogP contribution >= 0.6 is 0 Å². The summed E-state index contributed by atoms with van der Waals surface area (Å²) < 4.78 is 23.1. The third kappa shape index (κ3) is 5.60. The molecule has 2 rings (SSSR count). The fraction of sp³-hybridized carbons (Fsp3) is 0.412. The van der Waals surface area contributed by atoms with Crippen LogP contribution in [0.4, 0.5) is 5.69 Å². The fourth-order valence-corrected chi connectivity index (χ4v) is 3.07. The Balaban J connectivity index is 2.38. The summed E-state index contributed by atoms with van der Waals surface area (Å²) in [4.78, 5) is 22.5. The summed E-state index contributed by atoms with van der Waals surface area (Å²) in [6.07, 6.45) is 3.44. The van der Waals surface area contributed by atoms with E-state index in [1.165, 1.54) is 17.2 Å². The molecule has 0 aliphatic carbocycles. The van der Waals surface area contributed by atoms with Crippen molar-refractivity contribution in [2.75, 3.05) is 19.7 Å². The van der Waals surface area contributed by atoms with E-state index in [-0.39, 0.29) is 36.2 Å². The number of nitrogens with zero attached hydrogens (tertiary/aromatic N) is 2. The van der Waals surface area contributed by atoms with E-state index in [9.17, 15) is 13.2 Å². The Morgan fingerprint density at radius 2 is 2.11 bits per heavy atom. The number of amidine groups is 1. The average Bonchev–Trinajstić information content (AvgIpc) is 2.77. The molecule has 0 bridgehead atoms. The number of amides is 1. The predicted octanol–water partition coefficient (Wildman–Crippen LogP) is 0.629. The number of carbonyl (C=O) groups is 1. The molecule has 10 heteroatoms. The number of primary sulfonamides is 1. The van der Waals surface area contributed by atoms with Gasteiger partial charge in [-0.1, -0.05) is 19.4 Å². The van der Waals surface area contributed by atoms with Gasteiger partial charge in [-0.25, -0.2) is 23.6 Å².